The Balaban J connectivity index is 2.25. The van der Waals surface area contributed by atoms with Crippen molar-refractivity contribution >= 4 is 7.60 Å². The Labute approximate surface area is 132 Å². The van der Waals surface area contributed by atoms with Crippen molar-refractivity contribution in [1.29, 1.82) is 0 Å². The summed E-state index contributed by atoms with van der Waals surface area (Å²) in [7, 11) is -3.42. The van der Waals surface area contributed by atoms with E-state index in [1.54, 1.807) is 13.8 Å². The highest BCUT2D eigenvalue weighted by atomic mass is 31.2. The molecule has 1 aromatic rings. The van der Waals surface area contributed by atoms with E-state index in [1.165, 1.54) is 5.06 Å². The predicted molar refractivity (Wildman–Crippen MR) is 86.1 cm³/mol. The summed E-state index contributed by atoms with van der Waals surface area (Å²) in [6.07, 6.45) is 2.68. The summed E-state index contributed by atoms with van der Waals surface area (Å²) >= 11 is 0. The summed E-state index contributed by atoms with van der Waals surface area (Å²) in [5, 5.41) is 10.7. The van der Waals surface area contributed by atoms with Crippen LogP contribution in [0.25, 0.3) is 0 Å². The van der Waals surface area contributed by atoms with Gasteiger partial charge < -0.3 is 14.3 Å². The molecule has 1 aliphatic rings. The van der Waals surface area contributed by atoms with E-state index in [1.807, 2.05) is 30.3 Å². The monoisotopic (exact) mass is 327 g/mol. The van der Waals surface area contributed by atoms with E-state index in [-0.39, 0.29) is 0 Å². The number of nitrogens with zero attached hydrogens (tertiary/aromatic N) is 1. The molecule has 1 atom stereocenters. The van der Waals surface area contributed by atoms with Gasteiger partial charge >= 0.3 is 7.60 Å². The quantitative estimate of drug-likeness (QED) is 0.730. The van der Waals surface area contributed by atoms with Gasteiger partial charge in [-0.2, -0.15) is 5.06 Å². The molecule has 1 heterocycles. The van der Waals surface area contributed by atoms with Crippen LogP contribution in [0, 0.1) is 0 Å². The molecule has 0 spiro atoms. The molecule has 6 heteroatoms. The maximum Gasteiger partial charge on any atom is 0.353 e. The second kappa shape index (κ2) is 7.71. The van der Waals surface area contributed by atoms with Crippen molar-refractivity contribution in [1.82, 2.24) is 5.06 Å². The first-order chi connectivity index (χ1) is 10.6. The molecule has 0 aromatic heterocycles. The maximum absolute atomic E-state index is 13.3. The van der Waals surface area contributed by atoms with Crippen molar-refractivity contribution < 1.29 is 18.8 Å². The standard InChI is InChI=1S/C16H26NO4P/c1-3-20-22(19,21-4-2)16(12-8-14-17(16)18)13-11-15-9-6-5-7-10-15/h5-7,9-10,18H,3-4,8,11-14H2,1-2H3/t16-/m0/s1. The van der Waals surface area contributed by atoms with Gasteiger partial charge in [0, 0.05) is 6.54 Å². The van der Waals surface area contributed by atoms with Gasteiger partial charge in [-0.1, -0.05) is 30.3 Å². The predicted octanol–water partition coefficient (Wildman–Crippen LogP) is 4.07. The molecule has 0 aliphatic carbocycles. The lowest BCUT2D eigenvalue weighted by Gasteiger charge is -2.39. The van der Waals surface area contributed by atoms with E-state index >= 15 is 0 Å². The van der Waals surface area contributed by atoms with E-state index in [4.69, 9.17) is 9.05 Å². The number of hydroxylamine groups is 2. The minimum atomic E-state index is -3.42. The molecule has 1 fully saturated rings. The number of rotatable bonds is 8. The van der Waals surface area contributed by atoms with Crippen LogP contribution >= 0.6 is 7.60 Å². The molecule has 22 heavy (non-hydrogen) atoms. The SMILES string of the molecule is CCOP(=O)(OCC)[C@]1(CCc2ccccc2)CCCN1O. The number of benzene rings is 1. The van der Waals surface area contributed by atoms with Gasteiger partial charge in [0.1, 0.15) is 5.28 Å². The topological polar surface area (TPSA) is 59.0 Å². The van der Waals surface area contributed by atoms with Gasteiger partial charge in [-0.15, -0.1) is 0 Å². The highest BCUT2D eigenvalue weighted by Gasteiger charge is 2.56. The fourth-order valence-corrected chi connectivity index (χ4v) is 5.56. The van der Waals surface area contributed by atoms with E-state index in [0.717, 1.165) is 18.4 Å². The van der Waals surface area contributed by atoms with Crippen LogP contribution in [0.15, 0.2) is 30.3 Å². The van der Waals surface area contributed by atoms with Crippen molar-refractivity contribution in [3.63, 3.8) is 0 Å². The molecule has 2 rings (SSSR count). The summed E-state index contributed by atoms with van der Waals surface area (Å²) < 4.78 is 24.4. The second-order valence-corrected chi connectivity index (χ2v) is 7.87. The fourth-order valence-electron chi connectivity index (χ4n) is 3.13. The van der Waals surface area contributed by atoms with Gasteiger partial charge in [0.05, 0.1) is 13.2 Å². The third-order valence-corrected chi connectivity index (χ3v) is 7.09. The molecule has 1 N–H and O–H groups in total. The van der Waals surface area contributed by atoms with Gasteiger partial charge in [-0.05, 0) is 45.1 Å². The van der Waals surface area contributed by atoms with E-state index in [0.29, 0.717) is 32.6 Å². The highest BCUT2D eigenvalue weighted by Crippen LogP contribution is 2.66. The molecule has 1 aliphatic heterocycles. The Morgan fingerprint density at radius 3 is 2.36 bits per heavy atom. The summed E-state index contributed by atoms with van der Waals surface area (Å²) in [5.41, 5.74) is 1.15. The minimum absolute atomic E-state index is 0.304. The van der Waals surface area contributed by atoms with Crippen molar-refractivity contribution in [2.45, 2.75) is 44.8 Å². The first-order valence-corrected chi connectivity index (χ1v) is 9.52. The normalized spacial score (nSPS) is 23.0. The number of hydrogen-bond donors (Lipinski definition) is 1. The van der Waals surface area contributed by atoms with Crippen LogP contribution in [0.1, 0.15) is 38.7 Å². The zero-order valence-corrected chi connectivity index (χ0v) is 14.3. The lowest BCUT2D eigenvalue weighted by Crippen LogP contribution is -2.43. The van der Waals surface area contributed by atoms with Gasteiger partial charge in [0.2, 0.25) is 0 Å². The summed E-state index contributed by atoms with van der Waals surface area (Å²) in [4.78, 5) is 0. The van der Waals surface area contributed by atoms with Crippen LogP contribution in [0.3, 0.4) is 0 Å². The molecule has 1 saturated heterocycles. The number of hydrogen-bond acceptors (Lipinski definition) is 5. The van der Waals surface area contributed by atoms with Gasteiger partial charge in [0.25, 0.3) is 0 Å². The van der Waals surface area contributed by atoms with Crippen LogP contribution in [-0.2, 0) is 20.0 Å². The number of aryl methyl sites for hydroxylation is 1. The fraction of sp³-hybridized carbons (Fsp3) is 0.625. The second-order valence-electron chi connectivity index (χ2n) is 5.53. The Morgan fingerprint density at radius 1 is 1.23 bits per heavy atom. The zero-order valence-electron chi connectivity index (χ0n) is 13.4. The largest absolute Gasteiger partial charge is 0.353 e. The highest BCUT2D eigenvalue weighted by molar-refractivity contribution is 7.55. The third kappa shape index (κ3) is 3.44. The van der Waals surface area contributed by atoms with Crippen LogP contribution in [-0.4, -0.2) is 35.3 Å². The molecule has 0 saturated carbocycles. The van der Waals surface area contributed by atoms with Crippen LogP contribution < -0.4 is 0 Å². The first kappa shape index (κ1) is 17.6. The van der Waals surface area contributed by atoms with Crippen LogP contribution in [0.4, 0.5) is 0 Å². The van der Waals surface area contributed by atoms with Crippen molar-refractivity contribution in [2.24, 2.45) is 0 Å². The Morgan fingerprint density at radius 2 is 1.86 bits per heavy atom. The smallest absolute Gasteiger partial charge is 0.313 e. The van der Waals surface area contributed by atoms with Crippen molar-refractivity contribution in [3.8, 4) is 0 Å². The molecule has 0 unspecified atom stereocenters. The maximum atomic E-state index is 13.3. The van der Waals surface area contributed by atoms with Crippen molar-refractivity contribution in [2.75, 3.05) is 19.8 Å². The lowest BCUT2D eigenvalue weighted by molar-refractivity contribution is -0.129. The van der Waals surface area contributed by atoms with Crippen molar-refractivity contribution in [3.05, 3.63) is 35.9 Å². The molecule has 0 radical (unpaired) electrons. The van der Waals surface area contributed by atoms with Gasteiger partial charge in [-0.25, -0.2) is 0 Å². The van der Waals surface area contributed by atoms with Gasteiger partial charge in [-0.3, -0.25) is 4.57 Å². The molecule has 1 aromatic carbocycles. The van der Waals surface area contributed by atoms with Crippen LogP contribution in [0.5, 0.6) is 0 Å². The molecular formula is C16H26NO4P. The summed E-state index contributed by atoms with van der Waals surface area (Å²) in [5.74, 6) is 0. The van der Waals surface area contributed by atoms with E-state index in [2.05, 4.69) is 0 Å². The summed E-state index contributed by atoms with van der Waals surface area (Å²) in [6.45, 7) is 4.70. The lowest BCUT2D eigenvalue weighted by atomic mass is 10.0. The Kier molecular flexibility index (Phi) is 6.18. The minimum Gasteiger partial charge on any atom is -0.313 e. The Bertz CT molecular complexity index is 500. The van der Waals surface area contributed by atoms with E-state index < -0.39 is 12.9 Å². The Hall–Kier alpha value is -0.710. The van der Waals surface area contributed by atoms with Crippen LogP contribution in [0.2, 0.25) is 0 Å². The molecule has 5 nitrogen and oxygen atoms in total. The van der Waals surface area contributed by atoms with Gasteiger partial charge in [0.15, 0.2) is 0 Å². The first-order valence-electron chi connectivity index (χ1n) is 7.97. The third-order valence-electron chi connectivity index (χ3n) is 4.19. The van der Waals surface area contributed by atoms with E-state index in [9.17, 15) is 9.77 Å². The molecule has 0 amide bonds. The zero-order chi connectivity index (χ0) is 16.1. The average molecular weight is 327 g/mol. The molecule has 124 valence electrons. The molecular weight excluding hydrogens is 301 g/mol. The summed E-state index contributed by atoms with van der Waals surface area (Å²) in [6, 6.07) is 10.0. The average Bonchev–Trinajstić information content (AvgIpc) is 2.89. The molecule has 0 bridgehead atoms.